The van der Waals surface area contributed by atoms with E-state index in [-0.39, 0.29) is 18.2 Å². The van der Waals surface area contributed by atoms with Crippen molar-refractivity contribution in [2.75, 3.05) is 13.1 Å². The van der Waals surface area contributed by atoms with Crippen LogP contribution >= 0.6 is 11.6 Å². The molecular formula is C17H20ClN3O2. The highest BCUT2D eigenvalue weighted by Crippen LogP contribution is 2.23. The molecule has 1 aromatic carbocycles. The first-order valence-electron chi connectivity index (χ1n) is 7.73. The molecule has 2 aromatic rings. The molecule has 1 aromatic heterocycles. The Hall–Kier alpha value is -1.85. The molecule has 1 aliphatic rings. The Labute approximate surface area is 140 Å². The van der Waals surface area contributed by atoms with Crippen LogP contribution in [0.4, 0.5) is 0 Å². The summed E-state index contributed by atoms with van der Waals surface area (Å²) in [4.78, 5) is 14.2. The highest BCUT2D eigenvalue weighted by molar-refractivity contribution is 6.31. The fraction of sp³-hybridized carbons (Fsp3) is 0.412. The highest BCUT2D eigenvalue weighted by Gasteiger charge is 2.34. The van der Waals surface area contributed by atoms with E-state index >= 15 is 0 Å². The van der Waals surface area contributed by atoms with E-state index in [4.69, 9.17) is 11.6 Å². The average Bonchev–Trinajstić information content (AvgIpc) is 3.08. The van der Waals surface area contributed by atoms with E-state index in [9.17, 15) is 9.90 Å². The van der Waals surface area contributed by atoms with Gasteiger partial charge < -0.3 is 10.0 Å². The van der Waals surface area contributed by atoms with Gasteiger partial charge in [0.05, 0.1) is 18.2 Å². The summed E-state index contributed by atoms with van der Waals surface area (Å²) < 4.78 is 0. The summed E-state index contributed by atoms with van der Waals surface area (Å²) in [6.45, 7) is 2.87. The van der Waals surface area contributed by atoms with Gasteiger partial charge in [0.2, 0.25) is 5.91 Å². The molecular weight excluding hydrogens is 314 g/mol. The molecule has 1 aliphatic heterocycles. The molecule has 0 bridgehead atoms. The lowest BCUT2D eigenvalue weighted by molar-refractivity contribution is -0.129. The van der Waals surface area contributed by atoms with Crippen LogP contribution in [0.2, 0.25) is 5.02 Å². The van der Waals surface area contributed by atoms with Gasteiger partial charge in [0.1, 0.15) is 0 Å². The van der Waals surface area contributed by atoms with Crippen molar-refractivity contribution in [3.8, 4) is 0 Å². The Morgan fingerprint density at radius 2 is 2.22 bits per heavy atom. The molecule has 0 radical (unpaired) electrons. The molecule has 2 unspecified atom stereocenters. The zero-order valence-electron chi connectivity index (χ0n) is 13.0. The maximum absolute atomic E-state index is 12.4. The summed E-state index contributed by atoms with van der Waals surface area (Å²) in [5, 5.41) is 17.9. The normalized spacial score (nSPS) is 20.9. The van der Waals surface area contributed by atoms with Gasteiger partial charge in [-0.3, -0.25) is 9.89 Å². The number of halogens is 1. The fourth-order valence-electron chi connectivity index (χ4n) is 3.02. The zero-order valence-corrected chi connectivity index (χ0v) is 13.8. The number of carbonyl (C=O) groups excluding carboxylic acids is 1. The van der Waals surface area contributed by atoms with E-state index in [2.05, 4.69) is 10.2 Å². The molecule has 0 aliphatic carbocycles. The first kappa shape index (κ1) is 16.0. The molecule has 1 fully saturated rings. The van der Waals surface area contributed by atoms with Gasteiger partial charge >= 0.3 is 0 Å². The van der Waals surface area contributed by atoms with Gasteiger partial charge in [-0.25, -0.2) is 0 Å². The predicted molar refractivity (Wildman–Crippen MR) is 88.3 cm³/mol. The van der Waals surface area contributed by atoms with Gasteiger partial charge in [-0.15, -0.1) is 0 Å². The van der Waals surface area contributed by atoms with Gasteiger partial charge in [-0.1, -0.05) is 29.8 Å². The molecule has 5 nitrogen and oxygen atoms in total. The van der Waals surface area contributed by atoms with Crippen molar-refractivity contribution in [3.05, 3.63) is 52.3 Å². The summed E-state index contributed by atoms with van der Waals surface area (Å²) >= 11 is 6.11. The molecule has 2 N–H and O–H groups in total. The summed E-state index contributed by atoms with van der Waals surface area (Å²) in [7, 11) is 0. The molecule has 2 atom stereocenters. The van der Waals surface area contributed by atoms with Gasteiger partial charge in [-0.05, 0) is 31.0 Å². The number of hydrogen-bond donors (Lipinski definition) is 2. The van der Waals surface area contributed by atoms with E-state index in [1.54, 1.807) is 11.0 Å². The summed E-state index contributed by atoms with van der Waals surface area (Å²) in [5.74, 6) is 0.0192. The van der Waals surface area contributed by atoms with Crippen molar-refractivity contribution >= 4 is 17.5 Å². The Morgan fingerprint density at radius 3 is 2.91 bits per heavy atom. The van der Waals surface area contributed by atoms with E-state index in [1.165, 1.54) is 0 Å². The summed E-state index contributed by atoms with van der Waals surface area (Å²) in [6, 6.07) is 9.33. The number of carbonyl (C=O) groups is 1. The van der Waals surface area contributed by atoms with Crippen molar-refractivity contribution in [1.29, 1.82) is 0 Å². The number of aliphatic hydroxyl groups is 1. The molecule has 0 saturated carbocycles. The number of rotatable bonds is 4. The average molecular weight is 334 g/mol. The quantitative estimate of drug-likeness (QED) is 0.899. The standard InChI is InChI=1S/C17H20ClN3O2/c1-11-6-14(20-19-11)7-13-9-21(10-16(13)22)17(23)8-12-4-2-3-5-15(12)18/h2-6,13,16,22H,7-10H2,1H3,(H,19,20). The molecule has 23 heavy (non-hydrogen) atoms. The molecule has 2 heterocycles. The van der Waals surface area contributed by atoms with Crippen LogP contribution in [0.3, 0.4) is 0 Å². The van der Waals surface area contributed by atoms with Gasteiger partial charge in [0.15, 0.2) is 0 Å². The lowest BCUT2D eigenvalue weighted by Gasteiger charge is -2.16. The third-order valence-electron chi connectivity index (χ3n) is 4.29. The van der Waals surface area contributed by atoms with Crippen LogP contribution < -0.4 is 0 Å². The first-order chi connectivity index (χ1) is 11.0. The third-order valence-corrected chi connectivity index (χ3v) is 4.66. The number of hydrogen-bond acceptors (Lipinski definition) is 3. The number of aryl methyl sites for hydroxylation is 1. The predicted octanol–water partition coefficient (Wildman–Crippen LogP) is 1.98. The molecule has 122 valence electrons. The number of aromatic nitrogens is 2. The minimum atomic E-state index is -0.512. The largest absolute Gasteiger partial charge is 0.391 e. The smallest absolute Gasteiger partial charge is 0.227 e. The lowest BCUT2D eigenvalue weighted by Crippen LogP contribution is -2.31. The third kappa shape index (κ3) is 3.74. The topological polar surface area (TPSA) is 69.2 Å². The first-order valence-corrected chi connectivity index (χ1v) is 8.11. The highest BCUT2D eigenvalue weighted by atomic mass is 35.5. The second kappa shape index (κ2) is 6.72. The minimum Gasteiger partial charge on any atom is -0.391 e. The Bertz CT molecular complexity index is 701. The number of nitrogens with zero attached hydrogens (tertiary/aromatic N) is 2. The van der Waals surface area contributed by atoms with Crippen molar-refractivity contribution in [2.45, 2.75) is 25.9 Å². The second-order valence-corrected chi connectivity index (χ2v) is 6.55. The van der Waals surface area contributed by atoms with E-state index in [0.717, 1.165) is 17.0 Å². The number of nitrogens with one attached hydrogen (secondary N) is 1. The van der Waals surface area contributed by atoms with Crippen LogP contribution in [-0.4, -0.2) is 45.3 Å². The fourth-order valence-corrected chi connectivity index (χ4v) is 3.23. The van der Waals surface area contributed by atoms with Crippen LogP contribution in [-0.2, 0) is 17.6 Å². The van der Waals surface area contributed by atoms with Crippen molar-refractivity contribution in [2.24, 2.45) is 5.92 Å². The van der Waals surface area contributed by atoms with Crippen LogP contribution in [0.25, 0.3) is 0 Å². The number of aromatic amines is 1. The number of amides is 1. The minimum absolute atomic E-state index is 0.00198. The van der Waals surface area contributed by atoms with E-state index in [0.29, 0.717) is 24.5 Å². The number of H-pyrrole nitrogens is 1. The SMILES string of the molecule is Cc1cc(CC2CN(C(=O)Cc3ccccc3Cl)CC2O)n[nH]1. The van der Waals surface area contributed by atoms with Crippen LogP contribution in [0.1, 0.15) is 17.0 Å². The van der Waals surface area contributed by atoms with Gasteiger partial charge in [0, 0.05) is 29.7 Å². The Balaban J connectivity index is 1.61. The number of likely N-dealkylation sites (tertiary alicyclic amines) is 1. The molecule has 1 amide bonds. The molecule has 0 spiro atoms. The van der Waals surface area contributed by atoms with Gasteiger partial charge in [-0.2, -0.15) is 5.10 Å². The molecule has 1 saturated heterocycles. The van der Waals surface area contributed by atoms with Crippen LogP contribution in [0.15, 0.2) is 30.3 Å². The van der Waals surface area contributed by atoms with Crippen molar-refractivity contribution in [1.82, 2.24) is 15.1 Å². The summed E-state index contributed by atoms with van der Waals surface area (Å²) in [6.07, 6.45) is 0.421. The molecule has 3 rings (SSSR count). The summed E-state index contributed by atoms with van der Waals surface area (Å²) in [5.41, 5.74) is 2.74. The maximum atomic E-state index is 12.4. The van der Waals surface area contributed by atoms with Crippen LogP contribution in [0.5, 0.6) is 0 Å². The monoisotopic (exact) mass is 333 g/mol. The van der Waals surface area contributed by atoms with E-state index in [1.807, 2.05) is 31.2 Å². The Morgan fingerprint density at radius 1 is 1.43 bits per heavy atom. The van der Waals surface area contributed by atoms with Crippen molar-refractivity contribution in [3.63, 3.8) is 0 Å². The lowest BCUT2D eigenvalue weighted by atomic mass is 10.0. The molecule has 6 heteroatoms. The maximum Gasteiger partial charge on any atom is 0.227 e. The second-order valence-electron chi connectivity index (χ2n) is 6.14. The Kier molecular flexibility index (Phi) is 4.68. The van der Waals surface area contributed by atoms with Crippen LogP contribution in [0, 0.1) is 12.8 Å². The number of β-amino-alcohol motifs (C(OH)–C–C–N with tert-alkyl or cyclic N) is 1. The van der Waals surface area contributed by atoms with E-state index < -0.39 is 6.10 Å². The number of aliphatic hydroxyl groups excluding tert-OH is 1. The van der Waals surface area contributed by atoms with Gasteiger partial charge in [0.25, 0.3) is 0 Å². The van der Waals surface area contributed by atoms with Crippen molar-refractivity contribution < 1.29 is 9.90 Å². The number of benzene rings is 1. The zero-order chi connectivity index (χ0) is 16.4.